The summed E-state index contributed by atoms with van der Waals surface area (Å²) in [7, 11) is 1.58. The summed E-state index contributed by atoms with van der Waals surface area (Å²) in [6, 6.07) is 16.5. The highest BCUT2D eigenvalue weighted by atomic mass is 16.5. The summed E-state index contributed by atoms with van der Waals surface area (Å²) in [6.07, 6.45) is 5.35. The van der Waals surface area contributed by atoms with Crippen LogP contribution in [0, 0.1) is 0 Å². The maximum absolute atomic E-state index is 12.0. The number of carboxylic acid groups (broad SMARTS) is 1. The molecule has 1 fully saturated rings. The van der Waals surface area contributed by atoms with Crippen LogP contribution < -0.4 is 19.7 Å². The molecule has 9 heteroatoms. The van der Waals surface area contributed by atoms with E-state index in [4.69, 9.17) is 9.47 Å². The van der Waals surface area contributed by atoms with Crippen LogP contribution in [0.2, 0.25) is 0 Å². The van der Waals surface area contributed by atoms with Crippen molar-refractivity contribution < 1.29 is 19.4 Å². The molecule has 0 unspecified atom stereocenters. The van der Waals surface area contributed by atoms with Crippen LogP contribution >= 0.6 is 0 Å². The van der Waals surface area contributed by atoms with Crippen LogP contribution in [-0.4, -0.2) is 59.4 Å². The lowest BCUT2D eigenvalue weighted by Crippen LogP contribution is -2.31. The standard InChI is InChI=1S/C27H33N5O4/c1-35-23-10-5-8-21(18-23)20-32(27(33)34)25-12-13-28-26(30-25)29-22-9-6-11-24(19-22)36-17-7-16-31-14-3-2-4-15-31/h5-6,8-13,18-19H,2-4,7,14-17,20H2,1H3,(H,33,34)(H,28,29,30). The zero-order chi connectivity index (χ0) is 25.2. The normalized spacial score (nSPS) is 13.7. The first kappa shape index (κ1) is 25.2. The Bertz CT molecular complexity index is 1140. The van der Waals surface area contributed by atoms with E-state index in [2.05, 4.69) is 20.2 Å². The highest BCUT2D eigenvalue weighted by molar-refractivity contribution is 5.84. The highest BCUT2D eigenvalue weighted by Gasteiger charge is 2.18. The molecule has 2 heterocycles. The van der Waals surface area contributed by atoms with Crippen molar-refractivity contribution in [2.75, 3.05) is 43.6 Å². The lowest BCUT2D eigenvalue weighted by atomic mass is 10.1. The minimum absolute atomic E-state index is 0.129. The number of nitrogens with one attached hydrogen (secondary N) is 1. The van der Waals surface area contributed by atoms with E-state index in [0.717, 1.165) is 30.0 Å². The first-order valence-electron chi connectivity index (χ1n) is 12.3. The van der Waals surface area contributed by atoms with Crippen LogP contribution in [0.4, 0.5) is 22.2 Å². The number of nitrogens with zero attached hydrogens (tertiary/aromatic N) is 4. The van der Waals surface area contributed by atoms with E-state index >= 15 is 0 Å². The van der Waals surface area contributed by atoms with Gasteiger partial charge in [0, 0.05) is 24.5 Å². The molecule has 4 rings (SSSR count). The van der Waals surface area contributed by atoms with Crippen LogP contribution in [0.3, 0.4) is 0 Å². The van der Waals surface area contributed by atoms with Gasteiger partial charge in [0.05, 0.1) is 20.3 Å². The quantitative estimate of drug-likeness (QED) is 0.355. The molecule has 0 bridgehead atoms. The second-order valence-corrected chi connectivity index (χ2v) is 8.72. The number of piperidine rings is 1. The molecule has 36 heavy (non-hydrogen) atoms. The molecule has 0 aliphatic carbocycles. The number of methoxy groups -OCH3 is 1. The number of amides is 1. The molecule has 2 aromatic carbocycles. The molecule has 0 spiro atoms. The molecule has 1 amide bonds. The van der Waals surface area contributed by atoms with Gasteiger partial charge in [0.2, 0.25) is 5.95 Å². The predicted molar refractivity (Wildman–Crippen MR) is 139 cm³/mol. The Hall–Kier alpha value is -3.85. The van der Waals surface area contributed by atoms with E-state index in [0.29, 0.717) is 18.3 Å². The van der Waals surface area contributed by atoms with Crippen LogP contribution in [-0.2, 0) is 6.54 Å². The van der Waals surface area contributed by atoms with Crippen LogP contribution in [0.25, 0.3) is 0 Å². The van der Waals surface area contributed by atoms with Gasteiger partial charge in [-0.15, -0.1) is 0 Å². The van der Waals surface area contributed by atoms with Crippen molar-refractivity contribution in [3.05, 3.63) is 66.4 Å². The molecule has 0 radical (unpaired) electrons. The van der Waals surface area contributed by atoms with Gasteiger partial charge < -0.3 is 24.8 Å². The second kappa shape index (κ2) is 12.7. The molecule has 190 valence electrons. The third kappa shape index (κ3) is 7.32. The van der Waals surface area contributed by atoms with Crippen LogP contribution in [0.15, 0.2) is 60.8 Å². The predicted octanol–water partition coefficient (Wildman–Crippen LogP) is 5.17. The van der Waals surface area contributed by atoms with E-state index in [9.17, 15) is 9.90 Å². The molecule has 1 aromatic heterocycles. The Labute approximate surface area is 211 Å². The first-order chi connectivity index (χ1) is 17.6. The van der Waals surface area contributed by atoms with E-state index < -0.39 is 6.09 Å². The van der Waals surface area contributed by atoms with Gasteiger partial charge in [-0.1, -0.05) is 24.6 Å². The summed E-state index contributed by atoms with van der Waals surface area (Å²) in [6.45, 7) is 4.23. The third-order valence-corrected chi connectivity index (χ3v) is 6.05. The first-order valence-corrected chi connectivity index (χ1v) is 12.3. The van der Waals surface area contributed by atoms with E-state index in [-0.39, 0.29) is 12.4 Å². The molecule has 0 saturated carbocycles. The van der Waals surface area contributed by atoms with Crippen molar-refractivity contribution >= 4 is 23.5 Å². The van der Waals surface area contributed by atoms with Crippen molar-refractivity contribution in [1.82, 2.24) is 14.9 Å². The lowest BCUT2D eigenvalue weighted by molar-refractivity contribution is 0.201. The van der Waals surface area contributed by atoms with Crippen molar-refractivity contribution in [3.63, 3.8) is 0 Å². The minimum atomic E-state index is -1.11. The Morgan fingerprint density at radius 1 is 1.08 bits per heavy atom. The molecule has 3 aromatic rings. The number of hydrogen-bond donors (Lipinski definition) is 2. The summed E-state index contributed by atoms with van der Waals surface area (Å²) in [4.78, 5) is 24.4. The number of likely N-dealkylation sites (tertiary alicyclic amines) is 1. The molecule has 2 N–H and O–H groups in total. The molecule has 9 nitrogen and oxygen atoms in total. The lowest BCUT2D eigenvalue weighted by Gasteiger charge is -2.26. The van der Waals surface area contributed by atoms with Gasteiger partial charge in [0.15, 0.2) is 0 Å². The van der Waals surface area contributed by atoms with Gasteiger partial charge in [-0.2, -0.15) is 4.98 Å². The average molecular weight is 492 g/mol. The molecule has 1 saturated heterocycles. The third-order valence-electron chi connectivity index (χ3n) is 6.05. The zero-order valence-electron chi connectivity index (χ0n) is 20.6. The van der Waals surface area contributed by atoms with Gasteiger partial charge in [0.25, 0.3) is 0 Å². The highest BCUT2D eigenvalue weighted by Crippen LogP contribution is 2.23. The molecular formula is C27H33N5O4. The van der Waals surface area contributed by atoms with Crippen molar-refractivity contribution in [2.24, 2.45) is 0 Å². The van der Waals surface area contributed by atoms with Crippen LogP contribution in [0.1, 0.15) is 31.2 Å². The fraction of sp³-hybridized carbons (Fsp3) is 0.370. The largest absolute Gasteiger partial charge is 0.497 e. The Morgan fingerprint density at radius 3 is 2.69 bits per heavy atom. The average Bonchev–Trinajstić information content (AvgIpc) is 2.91. The van der Waals surface area contributed by atoms with E-state index in [1.807, 2.05) is 42.5 Å². The number of aromatic nitrogens is 2. The second-order valence-electron chi connectivity index (χ2n) is 8.72. The summed E-state index contributed by atoms with van der Waals surface area (Å²) >= 11 is 0. The summed E-state index contributed by atoms with van der Waals surface area (Å²) in [5.41, 5.74) is 1.55. The van der Waals surface area contributed by atoms with Gasteiger partial charge >= 0.3 is 6.09 Å². The molecule has 1 aliphatic heterocycles. The van der Waals surface area contributed by atoms with Gasteiger partial charge in [-0.05, 0) is 68.2 Å². The number of anilines is 3. The molecular weight excluding hydrogens is 458 g/mol. The Balaban J connectivity index is 1.36. The smallest absolute Gasteiger partial charge is 0.413 e. The topological polar surface area (TPSA) is 100 Å². The van der Waals surface area contributed by atoms with E-state index in [1.165, 1.54) is 43.4 Å². The van der Waals surface area contributed by atoms with Gasteiger partial charge in [0.1, 0.15) is 17.3 Å². The maximum atomic E-state index is 12.0. The fourth-order valence-electron chi connectivity index (χ4n) is 4.21. The number of rotatable bonds is 11. The number of carbonyl (C=O) groups is 1. The Morgan fingerprint density at radius 2 is 1.89 bits per heavy atom. The summed E-state index contributed by atoms with van der Waals surface area (Å²) in [5.74, 6) is 2.00. The van der Waals surface area contributed by atoms with Crippen molar-refractivity contribution in [3.8, 4) is 11.5 Å². The van der Waals surface area contributed by atoms with E-state index in [1.54, 1.807) is 19.2 Å². The van der Waals surface area contributed by atoms with Gasteiger partial charge in [-0.3, -0.25) is 4.90 Å². The monoisotopic (exact) mass is 491 g/mol. The number of benzene rings is 2. The molecule has 0 atom stereocenters. The van der Waals surface area contributed by atoms with Crippen molar-refractivity contribution in [1.29, 1.82) is 0 Å². The number of hydrogen-bond acceptors (Lipinski definition) is 7. The minimum Gasteiger partial charge on any atom is -0.497 e. The molecule has 1 aliphatic rings. The maximum Gasteiger partial charge on any atom is 0.413 e. The summed E-state index contributed by atoms with van der Waals surface area (Å²) < 4.78 is 11.2. The fourth-order valence-corrected chi connectivity index (χ4v) is 4.21. The Kier molecular flexibility index (Phi) is 8.93. The SMILES string of the molecule is COc1cccc(CN(C(=O)O)c2ccnc(Nc3cccc(OCCCN4CCCCC4)c3)n2)c1. The zero-order valence-corrected chi connectivity index (χ0v) is 20.6. The van der Waals surface area contributed by atoms with Crippen molar-refractivity contribution in [2.45, 2.75) is 32.2 Å². The number of ether oxygens (including phenoxy) is 2. The summed E-state index contributed by atoms with van der Waals surface area (Å²) in [5, 5.41) is 13.0. The van der Waals surface area contributed by atoms with Gasteiger partial charge in [-0.25, -0.2) is 9.78 Å². The van der Waals surface area contributed by atoms with Crippen LogP contribution in [0.5, 0.6) is 11.5 Å².